The van der Waals surface area contributed by atoms with Crippen LogP contribution >= 0.6 is 0 Å². The van der Waals surface area contributed by atoms with Gasteiger partial charge in [-0.1, -0.05) is 5.16 Å². The predicted molar refractivity (Wildman–Crippen MR) is 53.9 cm³/mol. The minimum Gasteiger partial charge on any atom is -0.334 e. The highest BCUT2D eigenvalue weighted by Crippen LogP contribution is 2.15. The van der Waals surface area contributed by atoms with Gasteiger partial charge in [0.25, 0.3) is 5.89 Å². The van der Waals surface area contributed by atoms with E-state index in [9.17, 15) is 0 Å². The maximum atomic E-state index is 5.64. The SMILES string of the molecule is CC(N)Cc1noc(-c2cnn(C)c2)n1. The number of hydrogen-bond donors (Lipinski definition) is 1. The molecule has 0 spiro atoms. The Bertz CT molecular complexity index is 445. The molecule has 0 aliphatic heterocycles. The highest BCUT2D eigenvalue weighted by Gasteiger charge is 2.11. The van der Waals surface area contributed by atoms with Crippen molar-refractivity contribution in [2.24, 2.45) is 12.8 Å². The molecule has 0 aliphatic carbocycles. The maximum Gasteiger partial charge on any atom is 0.261 e. The molecule has 0 saturated carbocycles. The fourth-order valence-electron chi connectivity index (χ4n) is 1.27. The fourth-order valence-corrected chi connectivity index (χ4v) is 1.27. The Morgan fingerprint density at radius 2 is 2.40 bits per heavy atom. The summed E-state index contributed by atoms with van der Waals surface area (Å²) in [6, 6.07) is 0.0318. The van der Waals surface area contributed by atoms with E-state index in [1.54, 1.807) is 10.9 Å². The van der Waals surface area contributed by atoms with E-state index in [0.29, 0.717) is 18.1 Å². The Morgan fingerprint density at radius 1 is 1.60 bits per heavy atom. The van der Waals surface area contributed by atoms with Crippen molar-refractivity contribution in [1.29, 1.82) is 0 Å². The van der Waals surface area contributed by atoms with Crippen molar-refractivity contribution in [1.82, 2.24) is 19.9 Å². The maximum absolute atomic E-state index is 5.64. The van der Waals surface area contributed by atoms with E-state index in [1.165, 1.54) is 0 Å². The van der Waals surface area contributed by atoms with Gasteiger partial charge in [0.1, 0.15) is 0 Å². The zero-order valence-corrected chi connectivity index (χ0v) is 8.71. The molecule has 0 aromatic carbocycles. The number of nitrogens with zero attached hydrogens (tertiary/aromatic N) is 4. The predicted octanol–water partition coefficient (Wildman–Crippen LogP) is 0.360. The molecule has 80 valence electrons. The van der Waals surface area contributed by atoms with Crippen LogP contribution in [0, 0.1) is 0 Å². The van der Waals surface area contributed by atoms with Crippen LogP contribution in [0.25, 0.3) is 11.5 Å². The zero-order valence-electron chi connectivity index (χ0n) is 8.71. The summed E-state index contributed by atoms with van der Waals surface area (Å²) in [6.45, 7) is 1.90. The Labute approximate surface area is 87.1 Å². The molecule has 2 heterocycles. The number of rotatable bonds is 3. The van der Waals surface area contributed by atoms with E-state index in [2.05, 4.69) is 15.2 Å². The van der Waals surface area contributed by atoms with Crippen LogP contribution in [-0.4, -0.2) is 26.0 Å². The van der Waals surface area contributed by atoms with E-state index >= 15 is 0 Å². The van der Waals surface area contributed by atoms with Crippen molar-refractivity contribution in [3.05, 3.63) is 18.2 Å². The second-order valence-corrected chi connectivity index (χ2v) is 3.60. The van der Waals surface area contributed by atoms with Crippen molar-refractivity contribution >= 4 is 0 Å². The van der Waals surface area contributed by atoms with Crippen LogP contribution in [0.1, 0.15) is 12.7 Å². The van der Waals surface area contributed by atoms with Gasteiger partial charge in [-0.25, -0.2) is 0 Å². The molecule has 1 atom stereocenters. The summed E-state index contributed by atoms with van der Waals surface area (Å²) in [5, 5.41) is 7.87. The Morgan fingerprint density at radius 3 is 3.00 bits per heavy atom. The molecular weight excluding hydrogens is 194 g/mol. The Kier molecular flexibility index (Phi) is 2.51. The second-order valence-electron chi connectivity index (χ2n) is 3.60. The van der Waals surface area contributed by atoms with Crippen molar-refractivity contribution in [3.63, 3.8) is 0 Å². The van der Waals surface area contributed by atoms with Crippen molar-refractivity contribution in [2.45, 2.75) is 19.4 Å². The number of aryl methyl sites for hydroxylation is 1. The van der Waals surface area contributed by atoms with Crippen LogP contribution in [0.4, 0.5) is 0 Å². The minimum absolute atomic E-state index is 0.0318. The Hall–Kier alpha value is -1.69. The third-order valence-electron chi connectivity index (χ3n) is 1.92. The molecule has 0 aliphatic rings. The lowest BCUT2D eigenvalue weighted by molar-refractivity contribution is 0.420. The average molecular weight is 207 g/mol. The first-order chi connectivity index (χ1) is 7.15. The van der Waals surface area contributed by atoms with Gasteiger partial charge in [-0.3, -0.25) is 4.68 Å². The van der Waals surface area contributed by atoms with E-state index in [-0.39, 0.29) is 6.04 Å². The van der Waals surface area contributed by atoms with Gasteiger partial charge in [-0.2, -0.15) is 10.1 Å². The van der Waals surface area contributed by atoms with E-state index < -0.39 is 0 Å². The van der Waals surface area contributed by atoms with Gasteiger partial charge in [0, 0.05) is 25.7 Å². The third-order valence-corrected chi connectivity index (χ3v) is 1.92. The van der Waals surface area contributed by atoms with Crippen molar-refractivity contribution in [2.75, 3.05) is 0 Å². The van der Waals surface area contributed by atoms with Gasteiger partial charge in [0.2, 0.25) is 0 Å². The molecular formula is C9H13N5O. The van der Waals surface area contributed by atoms with Crippen LogP contribution in [-0.2, 0) is 13.5 Å². The van der Waals surface area contributed by atoms with E-state index in [1.807, 2.05) is 20.2 Å². The monoisotopic (exact) mass is 207 g/mol. The summed E-state index contributed by atoms with van der Waals surface area (Å²) < 4.78 is 6.78. The smallest absolute Gasteiger partial charge is 0.261 e. The molecule has 15 heavy (non-hydrogen) atoms. The molecule has 2 rings (SSSR count). The summed E-state index contributed by atoms with van der Waals surface area (Å²) in [7, 11) is 1.84. The summed E-state index contributed by atoms with van der Waals surface area (Å²) in [5.74, 6) is 1.11. The first kappa shape index (κ1) is 9.85. The molecule has 6 nitrogen and oxygen atoms in total. The van der Waals surface area contributed by atoms with Gasteiger partial charge < -0.3 is 10.3 Å². The van der Waals surface area contributed by atoms with Crippen LogP contribution < -0.4 is 5.73 Å². The standard InChI is InChI=1S/C9H13N5O/c1-6(10)3-8-12-9(15-13-8)7-4-11-14(2)5-7/h4-6H,3,10H2,1-2H3. The van der Waals surface area contributed by atoms with Gasteiger partial charge in [0.05, 0.1) is 11.8 Å². The van der Waals surface area contributed by atoms with Gasteiger partial charge in [0.15, 0.2) is 5.82 Å². The van der Waals surface area contributed by atoms with Crippen LogP contribution in [0.3, 0.4) is 0 Å². The minimum atomic E-state index is 0.0318. The lowest BCUT2D eigenvalue weighted by Crippen LogP contribution is -2.18. The van der Waals surface area contributed by atoms with Crippen molar-refractivity contribution in [3.8, 4) is 11.5 Å². The van der Waals surface area contributed by atoms with Crippen LogP contribution in [0.2, 0.25) is 0 Å². The van der Waals surface area contributed by atoms with Crippen LogP contribution in [0.5, 0.6) is 0 Å². The number of aromatic nitrogens is 4. The van der Waals surface area contributed by atoms with E-state index in [4.69, 9.17) is 10.3 Å². The van der Waals surface area contributed by atoms with Gasteiger partial charge in [-0.15, -0.1) is 0 Å². The average Bonchev–Trinajstić information content (AvgIpc) is 2.72. The molecule has 2 N–H and O–H groups in total. The fraction of sp³-hybridized carbons (Fsp3) is 0.444. The first-order valence-electron chi connectivity index (χ1n) is 4.72. The molecule has 0 fully saturated rings. The molecule has 6 heteroatoms. The quantitative estimate of drug-likeness (QED) is 0.785. The van der Waals surface area contributed by atoms with Crippen LogP contribution in [0.15, 0.2) is 16.9 Å². The molecule has 0 saturated heterocycles. The molecule has 0 amide bonds. The van der Waals surface area contributed by atoms with Gasteiger partial charge >= 0.3 is 0 Å². The molecule has 0 radical (unpaired) electrons. The normalized spacial score (nSPS) is 13.0. The Balaban J connectivity index is 2.20. The third kappa shape index (κ3) is 2.21. The molecule has 2 aromatic rings. The summed E-state index contributed by atoms with van der Waals surface area (Å²) >= 11 is 0. The largest absolute Gasteiger partial charge is 0.334 e. The summed E-state index contributed by atoms with van der Waals surface area (Å²) in [6.07, 6.45) is 4.12. The molecule has 0 bridgehead atoms. The number of hydrogen-bond acceptors (Lipinski definition) is 5. The highest BCUT2D eigenvalue weighted by atomic mass is 16.5. The summed E-state index contributed by atoms with van der Waals surface area (Å²) in [5.41, 5.74) is 6.46. The van der Waals surface area contributed by atoms with E-state index in [0.717, 1.165) is 5.56 Å². The molecule has 2 aromatic heterocycles. The lowest BCUT2D eigenvalue weighted by Gasteiger charge is -1.96. The molecule has 1 unspecified atom stereocenters. The zero-order chi connectivity index (χ0) is 10.8. The van der Waals surface area contributed by atoms with Gasteiger partial charge in [-0.05, 0) is 6.92 Å². The lowest BCUT2D eigenvalue weighted by atomic mass is 10.2. The first-order valence-corrected chi connectivity index (χ1v) is 4.72. The number of nitrogens with two attached hydrogens (primary N) is 1. The second kappa shape index (κ2) is 3.82. The van der Waals surface area contributed by atoms with Crippen molar-refractivity contribution < 1.29 is 4.52 Å². The highest BCUT2D eigenvalue weighted by molar-refractivity contribution is 5.49. The topological polar surface area (TPSA) is 82.8 Å². The summed E-state index contributed by atoms with van der Waals surface area (Å²) in [4.78, 5) is 4.22.